The van der Waals surface area contributed by atoms with Gasteiger partial charge in [0.1, 0.15) is 11.3 Å². The highest BCUT2D eigenvalue weighted by Crippen LogP contribution is 2.18. The number of pyridine rings is 1. The summed E-state index contributed by atoms with van der Waals surface area (Å²) < 4.78 is 1.24. The summed E-state index contributed by atoms with van der Waals surface area (Å²) in [6.45, 7) is 3.61. The highest BCUT2D eigenvalue weighted by atomic mass is 16.2. The van der Waals surface area contributed by atoms with Crippen LogP contribution in [0.1, 0.15) is 30.3 Å². The molecule has 2 aromatic rings. The van der Waals surface area contributed by atoms with Crippen molar-refractivity contribution in [1.82, 2.24) is 19.4 Å². The van der Waals surface area contributed by atoms with Gasteiger partial charge >= 0.3 is 5.69 Å². The van der Waals surface area contributed by atoms with E-state index in [1.54, 1.807) is 17.0 Å². The number of nitrogens with zero attached hydrogens (tertiary/aromatic N) is 3. The number of aromatic nitrogens is 3. The van der Waals surface area contributed by atoms with Gasteiger partial charge in [-0.1, -0.05) is 6.92 Å². The fourth-order valence-corrected chi connectivity index (χ4v) is 2.72. The van der Waals surface area contributed by atoms with Gasteiger partial charge < -0.3 is 4.90 Å². The number of carbonyl (C=O) groups excluding carboxylic acids is 1. The third kappa shape index (κ3) is 2.43. The maximum atomic E-state index is 12.5. The number of aryl methyl sites for hydroxylation is 1. The first kappa shape index (κ1) is 14.5. The Balaban J connectivity index is 2.02. The molecular formula is C15H18N4O3. The van der Waals surface area contributed by atoms with Gasteiger partial charge in [-0.3, -0.25) is 19.1 Å². The summed E-state index contributed by atoms with van der Waals surface area (Å²) in [6, 6.07) is 3.09. The highest BCUT2D eigenvalue weighted by molar-refractivity contribution is 5.94. The third-order valence-electron chi connectivity index (χ3n) is 4.25. The molecule has 22 heavy (non-hydrogen) atoms. The molecule has 0 atom stereocenters. The van der Waals surface area contributed by atoms with E-state index in [1.165, 1.54) is 11.6 Å². The summed E-state index contributed by atoms with van der Waals surface area (Å²) >= 11 is 0. The molecule has 1 N–H and O–H groups in total. The van der Waals surface area contributed by atoms with Crippen LogP contribution in [0.2, 0.25) is 0 Å². The van der Waals surface area contributed by atoms with E-state index in [0.717, 1.165) is 12.8 Å². The van der Waals surface area contributed by atoms with E-state index in [4.69, 9.17) is 0 Å². The number of nitrogens with one attached hydrogen (secondary N) is 1. The molecule has 0 bridgehead atoms. The zero-order valence-electron chi connectivity index (χ0n) is 12.6. The third-order valence-corrected chi connectivity index (χ3v) is 4.25. The predicted molar refractivity (Wildman–Crippen MR) is 81.9 cm³/mol. The standard InChI is InChI=1S/C15H18N4O3/c1-9-5-7-19(8-6-9)14(21)11-4-3-10-12(16-11)18(2)15(22)17-13(10)20/h3-4,9H,5-8H2,1-2H3,(H,17,20,22). The van der Waals surface area contributed by atoms with E-state index in [0.29, 0.717) is 24.4 Å². The van der Waals surface area contributed by atoms with Crippen molar-refractivity contribution in [3.63, 3.8) is 0 Å². The van der Waals surface area contributed by atoms with Gasteiger partial charge in [-0.15, -0.1) is 0 Å². The SMILES string of the molecule is CC1CCN(C(=O)c2ccc3c(=O)[nH]c(=O)n(C)c3n2)CC1. The number of hydrogen-bond acceptors (Lipinski definition) is 4. The van der Waals surface area contributed by atoms with Gasteiger partial charge in [0.15, 0.2) is 0 Å². The quantitative estimate of drug-likeness (QED) is 0.830. The van der Waals surface area contributed by atoms with Gasteiger partial charge in [-0.25, -0.2) is 9.78 Å². The lowest BCUT2D eigenvalue weighted by Crippen LogP contribution is -2.38. The molecule has 1 amide bonds. The van der Waals surface area contributed by atoms with Crippen molar-refractivity contribution >= 4 is 16.9 Å². The monoisotopic (exact) mass is 302 g/mol. The second-order valence-corrected chi connectivity index (χ2v) is 5.86. The average molecular weight is 302 g/mol. The number of hydrogen-bond donors (Lipinski definition) is 1. The number of piperidine rings is 1. The molecule has 2 aromatic heterocycles. The van der Waals surface area contributed by atoms with Crippen molar-refractivity contribution in [3.05, 3.63) is 38.7 Å². The largest absolute Gasteiger partial charge is 0.337 e. The molecule has 0 aliphatic carbocycles. The molecule has 7 nitrogen and oxygen atoms in total. The average Bonchev–Trinajstić information content (AvgIpc) is 2.52. The summed E-state index contributed by atoms with van der Waals surface area (Å²) in [4.78, 5) is 44.2. The van der Waals surface area contributed by atoms with Crippen molar-refractivity contribution in [3.8, 4) is 0 Å². The molecule has 0 saturated carbocycles. The summed E-state index contributed by atoms with van der Waals surface area (Å²) in [5, 5.41) is 0.297. The van der Waals surface area contributed by atoms with Gasteiger partial charge in [0.25, 0.3) is 11.5 Å². The van der Waals surface area contributed by atoms with E-state index in [-0.39, 0.29) is 17.2 Å². The molecular weight excluding hydrogens is 284 g/mol. The summed E-state index contributed by atoms with van der Waals surface area (Å²) in [6.07, 6.45) is 1.97. The Morgan fingerprint density at radius 1 is 1.27 bits per heavy atom. The Morgan fingerprint density at radius 2 is 1.95 bits per heavy atom. The number of H-pyrrole nitrogens is 1. The molecule has 3 rings (SSSR count). The summed E-state index contributed by atoms with van der Waals surface area (Å²) in [5.41, 5.74) is -0.537. The Morgan fingerprint density at radius 3 is 2.64 bits per heavy atom. The van der Waals surface area contributed by atoms with Crippen molar-refractivity contribution in [2.75, 3.05) is 13.1 Å². The number of amides is 1. The first-order valence-corrected chi connectivity index (χ1v) is 7.36. The first-order chi connectivity index (χ1) is 10.5. The van der Waals surface area contributed by atoms with E-state index in [9.17, 15) is 14.4 Å². The molecule has 0 spiro atoms. The number of likely N-dealkylation sites (tertiary alicyclic amines) is 1. The van der Waals surface area contributed by atoms with Crippen LogP contribution in [0, 0.1) is 5.92 Å². The first-order valence-electron chi connectivity index (χ1n) is 7.36. The van der Waals surface area contributed by atoms with Crippen LogP contribution in [0.5, 0.6) is 0 Å². The molecule has 1 aliphatic rings. The molecule has 0 aromatic carbocycles. The van der Waals surface area contributed by atoms with Crippen LogP contribution in [-0.4, -0.2) is 38.4 Å². The number of carbonyl (C=O) groups is 1. The van der Waals surface area contributed by atoms with E-state index in [2.05, 4.69) is 16.9 Å². The number of rotatable bonds is 1. The molecule has 7 heteroatoms. The Kier molecular flexibility index (Phi) is 3.56. The van der Waals surface area contributed by atoms with E-state index >= 15 is 0 Å². The summed E-state index contributed by atoms with van der Waals surface area (Å²) in [7, 11) is 1.52. The molecule has 116 valence electrons. The van der Waals surface area contributed by atoms with Gasteiger partial charge in [0.2, 0.25) is 0 Å². The highest BCUT2D eigenvalue weighted by Gasteiger charge is 2.22. The molecule has 1 saturated heterocycles. The van der Waals surface area contributed by atoms with Gasteiger partial charge in [-0.05, 0) is 30.9 Å². The second kappa shape index (κ2) is 5.40. The maximum absolute atomic E-state index is 12.5. The van der Waals surface area contributed by atoms with Gasteiger partial charge in [0.05, 0.1) is 5.39 Å². The lowest BCUT2D eigenvalue weighted by atomic mass is 9.99. The smallest absolute Gasteiger partial charge is 0.329 e. The number of fused-ring (bicyclic) bond motifs is 1. The lowest BCUT2D eigenvalue weighted by Gasteiger charge is -2.30. The zero-order valence-corrected chi connectivity index (χ0v) is 12.6. The molecule has 1 aliphatic heterocycles. The van der Waals surface area contributed by atoms with Crippen molar-refractivity contribution in [2.24, 2.45) is 13.0 Å². The topological polar surface area (TPSA) is 88.1 Å². The minimum atomic E-state index is -0.540. The van der Waals surface area contributed by atoms with Crippen LogP contribution in [0.3, 0.4) is 0 Å². The van der Waals surface area contributed by atoms with Crippen LogP contribution in [0.15, 0.2) is 21.7 Å². The number of aromatic amines is 1. The van der Waals surface area contributed by atoms with E-state index < -0.39 is 11.2 Å². The minimum Gasteiger partial charge on any atom is -0.337 e. The zero-order chi connectivity index (χ0) is 15.9. The Bertz CT molecular complexity index is 844. The predicted octanol–water partition coefficient (Wildman–Crippen LogP) is 0.494. The van der Waals surface area contributed by atoms with Crippen LogP contribution < -0.4 is 11.2 Å². The Hall–Kier alpha value is -2.44. The van der Waals surface area contributed by atoms with Crippen LogP contribution in [0.25, 0.3) is 11.0 Å². The van der Waals surface area contributed by atoms with Crippen molar-refractivity contribution < 1.29 is 4.79 Å². The fourth-order valence-electron chi connectivity index (χ4n) is 2.72. The van der Waals surface area contributed by atoms with Crippen molar-refractivity contribution in [2.45, 2.75) is 19.8 Å². The normalized spacial score (nSPS) is 16.2. The second-order valence-electron chi connectivity index (χ2n) is 5.86. The van der Waals surface area contributed by atoms with Crippen molar-refractivity contribution in [1.29, 1.82) is 0 Å². The van der Waals surface area contributed by atoms with Gasteiger partial charge in [0, 0.05) is 20.1 Å². The van der Waals surface area contributed by atoms with Crippen LogP contribution >= 0.6 is 0 Å². The van der Waals surface area contributed by atoms with Crippen LogP contribution in [-0.2, 0) is 7.05 Å². The lowest BCUT2D eigenvalue weighted by molar-refractivity contribution is 0.0691. The minimum absolute atomic E-state index is 0.151. The van der Waals surface area contributed by atoms with Gasteiger partial charge in [-0.2, -0.15) is 0 Å². The van der Waals surface area contributed by atoms with E-state index in [1.807, 2.05) is 0 Å². The fraction of sp³-hybridized carbons (Fsp3) is 0.467. The summed E-state index contributed by atoms with van der Waals surface area (Å²) in [5.74, 6) is 0.481. The Labute approximate surface area is 126 Å². The molecule has 3 heterocycles. The van der Waals surface area contributed by atoms with Crippen LogP contribution in [0.4, 0.5) is 0 Å². The maximum Gasteiger partial charge on any atom is 0.329 e. The molecule has 1 fully saturated rings. The molecule has 0 unspecified atom stereocenters. The molecule has 0 radical (unpaired) electrons.